The zero-order valence-corrected chi connectivity index (χ0v) is 18.1. The van der Waals surface area contributed by atoms with Crippen molar-refractivity contribution in [3.05, 3.63) is 95.6 Å². The minimum absolute atomic E-state index is 0.0844. The largest absolute Gasteiger partial charge is 0.338 e. The summed E-state index contributed by atoms with van der Waals surface area (Å²) in [5.41, 5.74) is 3.09. The quantitative estimate of drug-likeness (QED) is 0.565. The van der Waals surface area contributed by atoms with Crippen molar-refractivity contribution >= 4 is 17.5 Å². The summed E-state index contributed by atoms with van der Waals surface area (Å²) < 4.78 is 14.5. The van der Waals surface area contributed by atoms with Crippen LogP contribution < -0.4 is 4.90 Å². The summed E-state index contributed by atoms with van der Waals surface area (Å²) in [5.74, 6) is -1.26. The third-order valence-corrected chi connectivity index (χ3v) is 5.79. The van der Waals surface area contributed by atoms with E-state index in [1.165, 1.54) is 11.0 Å². The molecule has 4 rings (SSSR count). The summed E-state index contributed by atoms with van der Waals surface area (Å²) in [6, 6.07) is 18.6. The molecule has 6 heteroatoms. The number of anilines is 1. The number of hydrogen-bond donors (Lipinski definition) is 0. The summed E-state index contributed by atoms with van der Waals surface area (Å²) in [5, 5.41) is 0. The van der Waals surface area contributed by atoms with E-state index in [0.717, 1.165) is 16.7 Å². The van der Waals surface area contributed by atoms with Crippen LogP contribution in [0.2, 0.25) is 0 Å². The second kappa shape index (κ2) is 9.73. The number of nitrogens with zero attached hydrogens (tertiary/aromatic N) is 3. The highest BCUT2D eigenvalue weighted by Crippen LogP contribution is 2.29. The molecule has 1 fully saturated rings. The van der Waals surface area contributed by atoms with Crippen molar-refractivity contribution in [1.82, 2.24) is 9.88 Å². The first-order valence-electron chi connectivity index (χ1n) is 10.8. The average Bonchev–Trinajstić information content (AvgIpc) is 3.19. The molecule has 1 atom stereocenters. The van der Waals surface area contributed by atoms with Gasteiger partial charge in [0.15, 0.2) is 0 Å². The molecule has 0 N–H and O–H groups in total. The molecule has 1 aromatic heterocycles. The molecular formula is C26H26FN3O2. The first kappa shape index (κ1) is 21.7. The lowest BCUT2D eigenvalue weighted by molar-refractivity contribution is -0.136. The number of hydrogen-bond acceptors (Lipinski definition) is 3. The van der Waals surface area contributed by atoms with E-state index in [1.54, 1.807) is 36.4 Å². The predicted molar refractivity (Wildman–Crippen MR) is 121 cm³/mol. The van der Waals surface area contributed by atoms with Crippen LogP contribution in [0, 0.1) is 18.7 Å². The standard InChI is InChI=1S/C26H26FN3O2/c1-19-9-10-24(23(27)14-19)30-18-22(15-25(30)31)26(32)29(17-21-8-5-12-28-16-21)13-11-20-6-3-2-4-7-20/h2-10,12,14,16,22H,11,13,15,17-18H2,1H3. The Morgan fingerprint density at radius 2 is 1.91 bits per heavy atom. The van der Waals surface area contributed by atoms with E-state index in [-0.39, 0.29) is 30.5 Å². The molecule has 1 saturated heterocycles. The molecule has 0 saturated carbocycles. The normalized spacial score (nSPS) is 15.8. The molecule has 0 bridgehead atoms. The Morgan fingerprint density at radius 1 is 1.12 bits per heavy atom. The summed E-state index contributed by atoms with van der Waals surface area (Å²) in [4.78, 5) is 33.5. The molecule has 32 heavy (non-hydrogen) atoms. The number of rotatable bonds is 7. The fraction of sp³-hybridized carbons (Fsp3) is 0.269. The van der Waals surface area contributed by atoms with Crippen LogP contribution in [0.5, 0.6) is 0 Å². The smallest absolute Gasteiger partial charge is 0.228 e. The van der Waals surface area contributed by atoms with Gasteiger partial charge in [0.2, 0.25) is 11.8 Å². The van der Waals surface area contributed by atoms with Crippen molar-refractivity contribution in [3.8, 4) is 0 Å². The number of carbonyl (C=O) groups is 2. The molecule has 0 radical (unpaired) electrons. The summed E-state index contributed by atoms with van der Waals surface area (Å²) in [7, 11) is 0. The second-order valence-electron chi connectivity index (χ2n) is 8.22. The van der Waals surface area contributed by atoms with Crippen LogP contribution in [0.25, 0.3) is 0 Å². The number of halogens is 1. The second-order valence-corrected chi connectivity index (χ2v) is 8.22. The van der Waals surface area contributed by atoms with Gasteiger partial charge in [-0.15, -0.1) is 0 Å². The van der Waals surface area contributed by atoms with Crippen molar-refractivity contribution in [3.63, 3.8) is 0 Å². The van der Waals surface area contributed by atoms with Gasteiger partial charge in [-0.25, -0.2) is 4.39 Å². The molecule has 3 aromatic rings. The van der Waals surface area contributed by atoms with Gasteiger partial charge in [-0.05, 0) is 48.2 Å². The van der Waals surface area contributed by atoms with Gasteiger partial charge in [-0.1, -0.05) is 42.5 Å². The van der Waals surface area contributed by atoms with Crippen molar-refractivity contribution in [2.24, 2.45) is 5.92 Å². The zero-order valence-electron chi connectivity index (χ0n) is 18.1. The maximum Gasteiger partial charge on any atom is 0.228 e. The van der Waals surface area contributed by atoms with Crippen molar-refractivity contribution < 1.29 is 14.0 Å². The van der Waals surface area contributed by atoms with Gasteiger partial charge < -0.3 is 9.80 Å². The molecule has 5 nitrogen and oxygen atoms in total. The minimum atomic E-state index is -0.504. The van der Waals surface area contributed by atoms with Gasteiger partial charge in [0.05, 0.1) is 11.6 Å². The number of pyridine rings is 1. The molecule has 1 unspecified atom stereocenters. The van der Waals surface area contributed by atoms with Gasteiger partial charge in [-0.2, -0.15) is 0 Å². The van der Waals surface area contributed by atoms with Crippen LogP contribution in [0.3, 0.4) is 0 Å². The van der Waals surface area contributed by atoms with Crippen LogP contribution in [0.4, 0.5) is 10.1 Å². The fourth-order valence-corrected chi connectivity index (χ4v) is 4.08. The average molecular weight is 432 g/mol. The third kappa shape index (κ3) is 5.02. The highest BCUT2D eigenvalue weighted by atomic mass is 19.1. The number of benzene rings is 2. The fourth-order valence-electron chi connectivity index (χ4n) is 4.08. The van der Waals surface area contributed by atoms with Crippen LogP contribution in [-0.2, 0) is 22.6 Å². The van der Waals surface area contributed by atoms with Crippen LogP contribution in [0.1, 0.15) is 23.1 Å². The predicted octanol–water partition coefficient (Wildman–Crippen LogP) is 4.15. The van der Waals surface area contributed by atoms with Crippen LogP contribution in [0.15, 0.2) is 73.1 Å². The van der Waals surface area contributed by atoms with E-state index >= 15 is 0 Å². The van der Waals surface area contributed by atoms with Crippen LogP contribution in [-0.4, -0.2) is 34.8 Å². The third-order valence-electron chi connectivity index (χ3n) is 5.79. The Morgan fingerprint density at radius 3 is 2.62 bits per heavy atom. The number of amides is 2. The topological polar surface area (TPSA) is 53.5 Å². The van der Waals surface area contributed by atoms with Crippen molar-refractivity contribution in [2.45, 2.75) is 26.3 Å². The Balaban J connectivity index is 1.51. The summed E-state index contributed by atoms with van der Waals surface area (Å²) >= 11 is 0. The maximum atomic E-state index is 14.5. The van der Waals surface area contributed by atoms with E-state index in [1.807, 2.05) is 42.5 Å². The molecule has 0 aliphatic carbocycles. The summed E-state index contributed by atoms with van der Waals surface area (Å²) in [6.45, 7) is 2.94. The van der Waals surface area contributed by atoms with Gasteiger partial charge >= 0.3 is 0 Å². The highest BCUT2D eigenvalue weighted by Gasteiger charge is 2.38. The minimum Gasteiger partial charge on any atom is -0.338 e. The van der Waals surface area contributed by atoms with E-state index in [2.05, 4.69) is 4.98 Å². The molecule has 2 aromatic carbocycles. The number of aryl methyl sites for hydroxylation is 1. The Bertz CT molecular complexity index is 1090. The lowest BCUT2D eigenvalue weighted by Crippen LogP contribution is -2.38. The summed E-state index contributed by atoms with van der Waals surface area (Å²) in [6.07, 6.45) is 4.24. The van der Waals surface area contributed by atoms with Crippen molar-refractivity contribution in [2.75, 3.05) is 18.0 Å². The van der Waals surface area contributed by atoms with E-state index in [0.29, 0.717) is 19.5 Å². The molecule has 0 spiro atoms. The zero-order chi connectivity index (χ0) is 22.5. The Kier molecular flexibility index (Phi) is 6.59. The van der Waals surface area contributed by atoms with E-state index in [9.17, 15) is 14.0 Å². The van der Waals surface area contributed by atoms with Gasteiger partial charge in [0, 0.05) is 38.4 Å². The van der Waals surface area contributed by atoms with Crippen molar-refractivity contribution in [1.29, 1.82) is 0 Å². The first-order chi connectivity index (χ1) is 15.5. The molecule has 164 valence electrons. The van der Waals surface area contributed by atoms with E-state index < -0.39 is 11.7 Å². The van der Waals surface area contributed by atoms with Crippen LogP contribution >= 0.6 is 0 Å². The molecule has 2 amide bonds. The molecular weight excluding hydrogens is 405 g/mol. The van der Waals surface area contributed by atoms with Gasteiger partial charge in [0.1, 0.15) is 5.82 Å². The van der Waals surface area contributed by atoms with Gasteiger partial charge in [-0.3, -0.25) is 14.6 Å². The number of aromatic nitrogens is 1. The SMILES string of the molecule is Cc1ccc(N2CC(C(=O)N(CCc3ccccc3)Cc3cccnc3)CC2=O)c(F)c1. The maximum absolute atomic E-state index is 14.5. The molecule has 1 aliphatic heterocycles. The van der Waals surface area contributed by atoms with E-state index in [4.69, 9.17) is 0 Å². The number of carbonyl (C=O) groups excluding carboxylic acids is 2. The molecule has 2 heterocycles. The lowest BCUT2D eigenvalue weighted by Gasteiger charge is -2.26. The Labute approximate surface area is 187 Å². The van der Waals surface area contributed by atoms with Gasteiger partial charge in [0.25, 0.3) is 0 Å². The first-order valence-corrected chi connectivity index (χ1v) is 10.8. The highest BCUT2D eigenvalue weighted by molar-refractivity contribution is 6.00. The molecule has 1 aliphatic rings. The lowest BCUT2D eigenvalue weighted by atomic mass is 10.1. The Hall–Kier alpha value is -3.54. The monoisotopic (exact) mass is 431 g/mol.